The fourth-order valence-corrected chi connectivity index (χ4v) is 2.85. The van der Waals surface area contributed by atoms with Crippen LogP contribution in [0.2, 0.25) is 0 Å². The topological polar surface area (TPSA) is 0 Å². The first-order valence-electron chi connectivity index (χ1n) is 5.95. The maximum atomic E-state index is 6.03. The number of hydrogen-bond donors (Lipinski definition) is 0. The van der Waals surface area contributed by atoms with Gasteiger partial charge >= 0.3 is 0 Å². The minimum Gasteiger partial charge on any atom is -0.162 e. The lowest BCUT2D eigenvalue weighted by atomic mass is 9.98. The van der Waals surface area contributed by atoms with Crippen LogP contribution in [0.3, 0.4) is 0 Å². The van der Waals surface area contributed by atoms with Crippen molar-refractivity contribution < 1.29 is 0 Å². The zero-order chi connectivity index (χ0) is 11.8. The van der Waals surface area contributed by atoms with Crippen LogP contribution in [0.15, 0.2) is 24.3 Å². The van der Waals surface area contributed by atoms with Gasteiger partial charge in [0, 0.05) is 5.88 Å². The standard InChI is InChI=1S/C14H21ClS/c1-3-16-8-7-14(11-15)10-13-6-4-5-12(2)9-13/h4-6,9,14H,3,7-8,10-11H2,1-2H3. The monoisotopic (exact) mass is 256 g/mol. The summed E-state index contributed by atoms with van der Waals surface area (Å²) in [4.78, 5) is 0. The average molecular weight is 257 g/mol. The lowest BCUT2D eigenvalue weighted by Gasteiger charge is -2.13. The molecule has 0 aliphatic heterocycles. The number of rotatable bonds is 7. The Labute approximate surface area is 109 Å². The van der Waals surface area contributed by atoms with Crippen LogP contribution in [0.5, 0.6) is 0 Å². The van der Waals surface area contributed by atoms with Gasteiger partial charge in [-0.25, -0.2) is 0 Å². The van der Waals surface area contributed by atoms with Gasteiger partial charge in [-0.3, -0.25) is 0 Å². The summed E-state index contributed by atoms with van der Waals surface area (Å²) < 4.78 is 0. The number of halogens is 1. The second-order valence-corrected chi connectivity index (χ2v) is 5.90. The minimum atomic E-state index is 0.627. The molecule has 0 radical (unpaired) electrons. The Morgan fingerprint density at radius 3 is 2.81 bits per heavy atom. The first kappa shape index (κ1) is 13.9. The van der Waals surface area contributed by atoms with E-state index in [-0.39, 0.29) is 0 Å². The fourth-order valence-electron chi connectivity index (χ4n) is 1.80. The molecular weight excluding hydrogens is 236 g/mol. The van der Waals surface area contributed by atoms with Crippen LogP contribution in [0.25, 0.3) is 0 Å². The molecule has 1 unspecified atom stereocenters. The van der Waals surface area contributed by atoms with E-state index in [1.54, 1.807) is 0 Å². The predicted molar refractivity (Wildman–Crippen MR) is 76.7 cm³/mol. The van der Waals surface area contributed by atoms with Crippen molar-refractivity contribution in [3.63, 3.8) is 0 Å². The molecule has 1 rings (SSSR count). The molecular formula is C14H21ClS. The molecule has 0 saturated heterocycles. The fraction of sp³-hybridized carbons (Fsp3) is 0.571. The van der Waals surface area contributed by atoms with Gasteiger partial charge in [0.05, 0.1) is 0 Å². The molecule has 0 heterocycles. The van der Waals surface area contributed by atoms with E-state index in [0.29, 0.717) is 5.92 Å². The summed E-state index contributed by atoms with van der Waals surface area (Å²) in [6.07, 6.45) is 2.35. The Bertz CT molecular complexity index is 299. The Morgan fingerprint density at radius 2 is 2.19 bits per heavy atom. The van der Waals surface area contributed by atoms with E-state index in [2.05, 4.69) is 38.1 Å². The molecule has 0 spiro atoms. The number of benzene rings is 1. The molecule has 0 aliphatic rings. The van der Waals surface area contributed by atoms with Gasteiger partial charge in [0.1, 0.15) is 0 Å². The highest BCUT2D eigenvalue weighted by molar-refractivity contribution is 7.99. The zero-order valence-corrected chi connectivity index (χ0v) is 11.8. The van der Waals surface area contributed by atoms with Crippen LogP contribution in [-0.2, 0) is 6.42 Å². The SMILES string of the molecule is CCSCCC(CCl)Cc1cccc(C)c1. The largest absolute Gasteiger partial charge is 0.162 e. The van der Waals surface area contributed by atoms with Crippen LogP contribution in [0.4, 0.5) is 0 Å². The summed E-state index contributed by atoms with van der Waals surface area (Å²) in [6.45, 7) is 4.35. The third kappa shape index (κ3) is 5.27. The van der Waals surface area contributed by atoms with Crippen molar-refractivity contribution in [3.05, 3.63) is 35.4 Å². The molecule has 16 heavy (non-hydrogen) atoms. The number of alkyl halides is 1. The smallest absolute Gasteiger partial charge is 0.0255 e. The molecule has 0 saturated carbocycles. The Balaban J connectivity index is 2.43. The van der Waals surface area contributed by atoms with E-state index in [0.717, 1.165) is 12.3 Å². The molecule has 0 fully saturated rings. The highest BCUT2D eigenvalue weighted by Crippen LogP contribution is 2.17. The minimum absolute atomic E-state index is 0.627. The third-order valence-electron chi connectivity index (χ3n) is 2.70. The van der Waals surface area contributed by atoms with Crippen molar-refractivity contribution in [2.24, 2.45) is 5.92 Å². The van der Waals surface area contributed by atoms with Gasteiger partial charge in [-0.1, -0.05) is 36.8 Å². The van der Waals surface area contributed by atoms with Crippen LogP contribution in [-0.4, -0.2) is 17.4 Å². The lowest BCUT2D eigenvalue weighted by Crippen LogP contribution is -2.08. The average Bonchev–Trinajstić information content (AvgIpc) is 2.28. The van der Waals surface area contributed by atoms with Crippen LogP contribution in [0.1, 0.15) is 24.5 Å². The summed E-state index contributed by atoms with van der Waals surface area (Å²) in [5.41, 5.74) is 2.76. The van der Waals surface area contributed by atoms with Crippen LogP contribution in [0, 0.1) is 12.8 Å². The summed E-state index contributed by atoms with van der Waals surface area (Å²) >= 11 is 8.03. The lowest BCUT2D eigenvalue weighted by molar-refractivity contribution is 0.571. The number of thioether (sulfide) groups is 1. The molecule has 0 aliphatic carbocycles. The molecule has 1 aromatic rings. The van der Waals surface area contributed by atoms with E-state index < -0.39 is 0 Å². The highest BCUT2D eigenvalue weighted by Gasteiger charge is 2.08. The van der Waals surface area contributed by atoms with Gasteiger partial charge in [-0.15, -0.1) is 11.6 Å². The van der Waals surface area contributed by atoms with Crippen LogP contribution < -0.4 is 0 Å². The zero-order valence-electron chi connectivity index (χ0n) is 10.2. The van der Waals surface area contributed by atoms with Crippen molar-refractivity contribution >= 4 is 23.4 Å². The molecule has 0 bridgehead atoms. The van der Waals surface area contributed by atoms with E-state index in [4.69, 9.17) is 11.6 Å². The Hall–Kier alpha value is -0.140. The molecule has 1 aromatic carbocycles. The third-order valence-corrected chi connectivity index (χ3v) is 4.07. The molecule has 0 aromatic heterocycles. The highest BCUT2D eigenvalue weighted by atomic mass is 35.5. The van der Waals surface area contributed by atoms with Gasteiger partial charge in [0.2, 0.25) is 0 Å². The van der Waals surface area contributed by atoms with E-state index >= 15 is 0 Å². The number of hydrogen-bond acceptors (Lipinski definition) is 1. The van der Waals surface area contributed by atoms with Crippen molar-refractivity contribution in [3.8, 4) is 0 Å². The van der Waals surface area contributed by atoms with Crippen molar-refractivity contribution in [1.82, 2.24) is 0 Å². The first-order chi connectivity index (χ1) is 7.76. The van der Waals surface area contributed by atoms with Crippen molar-refractivity contribution in [1.29, 1.82) is 0 Å². The van der Waals surface area contributed by atoms with Crippen molar-refractivity contribution in [2.45, 2.75) is 26.7 Å². The Morgan fingerprint density at radius 1 is 1.38 bits per heavy atom. The summed E-state index contributed by atoms with van der Waals surface area (Å²) in [7, 11) is 0. The van der Waals surface area contributed by atoms with Gasteiger partial charge in [0.15, 0.2) is 0 Å². The predicted octanol–water partition coefficient (Wildman–Crippen LogP) is 4.54. The van der Waals surface area contributed by atoms with Gasteiger partial charge < -0.3 is 0 Å². The number of aryl methyl sites for hydroxylation is 1. The summed E-state index contributed by atoms with van der Waals surface area (Å²) in [5, 5.41) is 0. The molecule has 2 heteroatoms. The second kappa shape index (κ2) is 8.03. The van der Waals surface area contributed by atoms with Gasteiger partial charge in [-0.05, 0) is 42.8 Å². The van der Waals surface area contributed by atoms with Gasteiger partial charge in [-0.2, -0.15) is 11.8 Å². The van der Waals surface area contributed by atoms with E-state index in [1.807, 2.05) is 11.8 Å². The van der Waals surface area contributed by atoms with Crippen LogP contribution >= 0.6 is 23.4 Å². The van der Waals surface area contributed by atoms with Crippen molar-refractivity contribution in [2.75, 3.05) is 17.4 Å². The summed E-state index contributed by atoms with van der Waals surface area (Å²) in [6, 6.07) is 8.76. The molecule has 90 valence electrons. The normalized spacial score (nSPS) is 12.7. The Kier molecular flexibility index (Phi) is 6.98. The van der Waals surface area contributed by atoms with E-state index in [9.17, 15) is 0 Å². The second-order valence-electron chi connectivity index (χ2n) is 4.20. The molecule has 1 atom stereocenters. The molecule has 0 amide bonds. The molecule has 0 N–H and O–H groups in total. The van der Waals surface area contributed by atoms with Gasteiger partial charge in [0.25, 0.3) is 0 Å². The molecule has 0 nitrogen and oxygen atoms in total. The quantitative estimate of drug-likeness (QED) is 0.510. The van der Waals surface area contributed by atoms with E-state index in [1.165, 1.54) is 29.1 Å². The maximum absolute atomic E-state index is 6.03. The first-order valence-corrected chi connectivity index (χ1v) is 7.64. The summed E-state index contributed by atoms with van der Waals surface area (Å²) in [5.74, 6) is 3.85. The maximum Gasteiger partial charge on any atom is 0.0255 e.